The molecule has 0 spiro atoms. The summed E-state index contributed by atoms with van der Waals surface area (Å²) in [5.41, 5.74) is 5.34. The summed E-state index contributed by atoms with van der Waals surface area (Å²) in [6.45, 7) is 11.4. The molecule has 0 aromatic rings. The van der Waals surface area contributed by atoms with Crippen LogP contribution < -0.4 is 16.4 Å². The van der Waals surface area contributed by atoms with Gasteiger partial charge >= 0.3 is 0 Å². The maximum atomic E-state index is 13.2. The van der Waals surface area contributed by atoms with Gasteiger partial charge in [-0.2, -0.15) is 0 Å². The van der Waals surface area contributed by atoms with Gasteiger partial charge in [0.15, 0.2) is 0 Å². The van der Waals surface area contributed by atoms with Crippen LogP contribution in [0, 0.1) is 28.6 Å². The fourth-order valence-corrected chi connectivity index (χ4v) is 5.06. The van der Waals surface area contributed by atoms with Crippen molar-refractivity contribution in [2.24, 2.45) is 34.3 Å². The number of nitrogens with zero attached hydrogens (tertiary/aromatic N) is 1. The molecule has 0 aromatic carbocycles. The van der Waals surface area contributed by atoms with E-state index in [-0.39, 0.29) is 52.7 Å². The van der Waals surface area contributed by atoms with Crippen LogP contribution in [-0.2, 0) is 19.2 Å². The molecule has 3 fully saturated rings. The van der Waals surface area contributed by atoms with Crippen molar-refractivity contribution in [3.05, 3.63) is 0 Å². The number of primary amides is 1. The van der Waals surface area contributed by atoms with Crippen LogP contribution >= 0.6 is 0 Å². The van der Waals surface area contributed by atoms with Gasteiger partial charge in [0, 0.05) is 25.4 Å². The molecule has 162 valence electrons. The molecule has 1 saturated carbocycles. The van der Waals surface area contributed by atoms with E-state index in [4.69, 9.17) is 5.73 Å². The highest BCUT2D eigenvalue weighted by atomic mass is 16.2. The number of hydrogen-bond acceptors (Lipinski definition) is 4. The molecule has 2 saturated heterocycles. The molecule has 5 atom stereocenters. The Balaban J connectivity index is 1.73. The van der Waals surface area contributed by atoms with Crippen LogP contribution in [-0.4, -0.2) is 53.7 Å². The Hall–Kier alpha value is -2.12. The molecule has 8 nitrogen and oxygen atoms in total. The molecule has 1 aliphatic carbocycles. The highest BCUT2D eigenvalue weighted by Gasteiger charge is 2.69. The molecule has 2 aliphatic heterocycles. The molecular weight excluding hydrogens is 372 g/mol. The summed E-state index contributed by atoms with van der Waals surface area (Å²) in [4.78, 5) is 51.6. The summed E-state index contributed by atoms with van der Waals surface area (Å²) >= 11 is 0. The fourth-order valence-electron chi connectivity index (χ4n) is 5.06. The number of carbonyl (C=O) groups excluding carboxylic acids is 4. The Kier molecular flexibility index (Phi) is 5.43. The highest BCUT2D eigenvalue weighted by molar-refractivity contribution is 5.93. The number of hydrogen-bond donors (Lipinski definition) is 3. The van der Waals surface area contributed by atoms with Crippen molar-refractivity contribution in [1.82, 2.24) is 15.5 Å². The van der Waals surface area contributed by atoms with E-state index < -0.39 is 18.0 Å². The van der Waals surface area contributed by atoms with Gasteiger partial charge in [-0.1, -0.05) is 34.6 Å². The van der Waals surface area contributed by atoms with Crippen molar-refractivity contribution in [3.63, 3.8) is 0 Å². The second kappa shape index (κ2) is 7.29. The maximum Gasteiger partial charge on any atom is 0.243 e. The first-order chi connectivity index (χ1) is 13.3. The van der Waals surface area contributed by atoms with Gasteiger partial charge in [-0.15, -0.1) is 0 Å². The average molecular weight is 407 g/mol. The van der Waals surface area contributed by atoms with Gasteiger partial charge in [0.05, 0.1) is 0 Å². The topological polar surface area (TPSA) is 122 Å². The van der Waals surface area contributed by atoms with Crippen molar-refractivity contribution >= 4 is 23.6 Å². The predicted molar refractivity (Wildman–Crippen MR) is 107 cm³/mol. The standard InChI is InChI=1S/C21H34N4O4/c1-20(2,3)9-14(26)25-10-12-15(21(12,4)5)16(25)19(29)24-13(17(22)27)8-11-6-7-23-18(11)28/h11-13,15-16H,6-10H2,1-5H3,(H2,22,27)(H,23,28)(H,24,29)/t11?,12?,13?,15?,16-/m0/s1. The Labute approximate surface area is 172 Å². The van der Waals surface area contributed by atoms with Crippen LogP contribution in [0.3, 0.4) is 0 Å². The van der Waals surface area contributed by atoms with Gasteiger partial charge in [0.1, 0.15) is 12.1 Å². The monoisotopic (exact) mass is 406 g/mol. The van der Waals surface area contributed by atoms with Crippen LogP contribution in [0.2, 0.25) is 0 Å². The van der Waals surface area contributed by atoms with Gasteiger partial charge in [-0.3, -0.25) is 19.2 Å². The second-order valence-electron chi connectivity index (χ2n) is 10.7. The molecule has 3 aliphatic rings. The lowest BCUT2D eigenvalue weighted by Crippen LogP contribution is -2.55. The largest absolute Gasteiger partial charge is 0.368 e. The van der Waals surface area contributed by atoms with Crippen molar-refractivity contribution < 1.29 is 19.2 Å². The molecular formula is C21H34N4O4. The zero-order valence-corrected chi connectivity index (χ0v) is 18.1. The van der Waals surface area contributed by atoms with Crippen LogP contribution in [0.25, 0.3) is 0 Å². The summed E-state index contributed by atoms with van der Waals surface area (Å²) < 4.78 is 0. The van der Waals surface area contributed by atoms with Gasteiger partial charge in [0.2, 0.25) is 23.6 Å². The molecule has 4 unspecified atom stereocenters. The van der Waals surface area contributed by atoms with E-state index in [1.54, 1.807) is 4.90 Å². The summed E-state index contributed by atoms with van der Waals surface area (Å²) in [5.74, 6) is -1.12. The van der Waals surface area contributed by atoms with Gasteiger partial charge < -0.3 is 21.3 Å². The van der Waals surface area contributed by atoms with Crippen molar-refractivity contribution in [1.29, 1.82) is 0 Å². The van der Waals surface area contributed by atoms with Gasteiger partial charge in [0.25, 0.3) is 0 Å². The lowest BCUT2D eigenvalue weighted by atomic mass is 9.90. The maximum absolute atomic E-state index is 13.2. The number of likely N-dealkylation sites (tertiary alicyclic amines) is 1. The number of piperidine rings is 1. The molecule has 4 N–H and O–H groups in total. The van der Waals surface area contributed by atoms with Crippen LogP contribution in [0.4, 0.5) is 0 Å². The minimum absolute atomic E-state index is 0.00588. The smallest absolute Gasteiger partial charge is 0.243 e. The Morgan fingerprint density at radius 2 is 1.97 bits per heavy atom. The second-order valence-corrected chi connectivity index (χ2v) is 10.7. The van der Waals surface area contributed by atoms with E-state index in [1.807, 2.05) is 20.8 Å². The minimum Gasteiger partial charge on any atom is -0.368 e. The van der Waals surface area contributed by atoms with Crippen LogP contribution in [0.15, 0.2) is 0 Å². The number of nitrogens with one attached hydrogen (secondary N) is 2. The van der Waals surface area contributed by atoms with E-state index >= 15 is 0 Å². The first kappa shape index (κ1) is 21.6. The summed E-state index contributed by atoms with van der Waals surface area (Å²) in [7, 11) is 0. The summed E-state index contributed by atoms with van der Waals surface area (Å²) in [6.07, 6.45) is 1.17. The molecule has 0 bridgehead atoms. The third-order valence-corrected chi connectivity index (χ3v) is 6.82. The van der Waals surface area contributed by atoms with Crippen molar-refractivity contribution in [2.45, 2.75) is 66.0 Å². The van der Waals surface area contributed by atoms with E-state index in [0.717, 1.165) is 0 Å². The van der Waals surface area contributed by atoms with Gasteiger partial charge in [-0.25, -0.2) is 0 Å². The number of nitrogens with two attached hydrogens (primary N) is 1. The third kappa shape index (κ3) is 4.26. The molecule has 0 aromatic heterocycles. The fraction of sp³-hybridized carbons (Fsp3) is 0.810. The number of amides is 4. The zero-order valence-electron chi connectivity index (χ0n) is 18.1. The Morgan fingerprint density at radius 3 is 2.48 bits per heavy atom. The first-order valence-electron chi connectivity index (χ1n) is 10.5. The lowest BCUT2D eigenvalue weighted by molar-refractivity contribution is -0.142. The minimum atomic E-state index is -0.920. The highest BCUT2D eigenvalue weighted by Crippen LogP contribution is 2.65. The SMILES string of the molecule is CC(C)(C)CC(=O)N1CC2C([C@H]1C(=O)NC(CC1CCNC1=O)C(N)=O)C2(C)C. The number of fused-ring (bicyclic) bond motifs is 1. The number of carbonyl (C=O) groups is 4. The molecule has 3 rings (SSSR count). The first-order valence-corrected chi connectivity index (χ1v) is 10.5. The van der Waals surface area contributed by atoms with E-state index in [2.05, 4.69) is 24.5 Å². The molecule has 0 radical (unpaired) electrons. The van der Waals surface area contributed by atoms with Gasteiger partial charge in [-0.05, 0) is 35.5 Å². The lowest BCUT2D eigenvalue weighted by Gasteiger charge is -2.33. The molecule has 4 amide bonds. The Morgan fingerprint density at radius 1 is 1.31 bits per heavy atom. The summed E-state index contributed by atoms with van der Waals surface area (Å²) in [6, 6.07) is -1.51. The average Bonchev–Trinajstić information content (AvgIpc) is 2.97. The number of rotatable bonds is 6. The van der Waals surface area contributed by atoms with E-state index in [0.29, 0.717) is 25.9 Å². The van der Waals surface area contributed by atoms with Crippen molar-refractivity contribution in [2.75, 3.05) is 13.1 Å². The Bertz CT molecular complexity index is 727. The zero-order chi connectivity index (χ0) is 21.7. The quantitative estimate of drug-likeness (QED) is 0.591. The predicted octanol–water partition coefficient (Wildman–Crippen LogP) is 0.402. The van der Waals surface area contributed by atoms with Crippen LogP contribution in [0.5, 0.6) is 0 Å². The normalized spacial score (nSPS) is 31.1. The third-order valence-electron chi connectivity index (χ3n) is 6.82. The van der Waals surface area contributed by atoms with E-state index in [9.17, 15) is 19.2 Å². The van der Waals surface area contributed by atoms with Crippen LogP contribution in [0.1, 0.15) is 53.9 Å². The molecule has 2 heterocycles. The molecule has 29 heavy (non-hydrogen) atoms. The van der Waals surface area contributed by atoms with Crippen molar-refractivity contribution in [3.8, 4) is 0 Å². The van der Waals surface area contributed by atoms with E-state index in [1.165, 1.54) is 0 Å². The summed E-state index contributed by atoms with van der Waals surface area (Å²) in [5, 5.41) is 5.49. The molecule has 8 heteroatoms.